The third-order valence-corrected chi connectivity index (χ3v) is 2.72. The maximum Gasteiger partial charge on any atom is 0.242 e. The molecule has 1 saturated carbocycles. The fourth-order valence-corrected chi connectivity index (χ4v) is 1.44. The summed E-state index contributed by atoms with van der Waals surface area (Å²) in [6.07, 6.45) is 5.20. The second-order valence-corrected chi connectivity index (χ2v) is 4.17. The number of anilines is 1. The van der Waals surface area contributed by atoms with Crippen LogP contribution in [0.2, 0.25) is 0 Å². The van der Waals surface area contributed by atoms with Gasteiger partial charge in [-0.05, 0) is 19.8 Å². The lowest BCUT2D eigenvalue weighted by molar-refractivity contribution is -0.124. The predicted octanol–water partition coefficient (Wildman–Crippen LogP) is 0.270. The van der Waals surface area contributed by atoms with E-state index in [0.717, 1.165) is 12.8 Å². The van der Waals surface area contributed by atoms with Gasteiger partial charge < -0.3 is 15.6 Å². The van der Waals surface area contributed by atoms with Gasteiger partial charge in [-0.1, -0.05) is 0 Å². The fourth-order valence-electron chi connectivity index (χ4n) is 1.44. The Kier molecular flexibility index (Phi) is 2.68. The molecule has 0 unspecified atom stereocenters. The predicted molar refractivity (Wildman–Crippen MR) is 61.0 cm³/mol. The molecule has 1 aromatic rings. The normalized spacial score (nSPS) is 16.8. The van der Waals surface area contributed by atoms with Crippen LogP contribution in [0.15, 0.2) is 23.3 Å². The van der Waals surface area contributed by atoms with Crippen molar-refractivity contribution in [3.05, 3.63) is 28.7 Å². The van der Waals surface area contributed by atoms with E-state index < -0.39 is 0 Å². The minimum Gasteiger partial charge on any atom is -0.394 e. The zero-order chi connectivity index (χ0) is 11.7. The van der Waals surface area contributed by atoms with Gasteiger partial charge in [-0.2, -0.15) is 0 Å². The van der Waals surface area contributed by atoms with Crippen molar-refractivity contribution in [2.24, 2.45) is 0 Å². The van der Waals surface area contributed by atoms with Gasteiger partial charge in [0.2, 0.25) is 11.3 Å². The minimum atomic E-state index is -0.344. The summed E-state index contributed by atoms with van der Waals surface area (Å²) in [6.45, 7) is 1.78. The number of rotatable bonds is 3. The first-order valence-electron chi connectivity index (χ1n) is 5.35. The van der Waals surface area contributed by atoms with Crippen LogP contribution in [-0.4, -0.2) is 16.5 Å². The molecule has 1 fully saturated rings. The molecule has 0 saturated heterocycles. The SMILES string of the molecule is C[C@H](C(=O)NC1CC1)n1ccc(=O)c(N)c1. The molecule has 2 rings (SSSR count). The first-order valence-corrected chi connectivity index (χ1v) is 5.35. The molecule has 16 heavy (non-hydrogen) atoms. The highest BCUT2D eigenvalue weighted by Crippen LogP contribution is 2.19. The molecule has 5 nitrogen and oxygen atoms in total. The molecular formula is C11H15N3O2. The van der Waals surface area contributed by atoms with Crippen molar-refractivity contribution < 1.29 is 4.79 Å². The third kappa shape index (κ3) is 2.24. The number of pyridine rings is 1. The lowest BCUT2D eigenvalue weighted by Crippen LogP contribution is -2.32. The van der Waals surface area contributed by atoms with Crippen LogP contribution in [0.3, 0.4) is 0 Å². The number of carbonyl (C=O) groups excluding carboxylic acids is 1. The van der Waals surface area contributed by atoms with E-state index in [1.165, 1.54) is 12.3 Å². The Labute approximate surface area is 93.3 Å². The molecule has 0 spiro atoms. The second-order valence-electron chi connectivity index (χ2n) is 4.17. The Balaban J connectivity index is 2.12. The fraction of sp³-hybridized carbons (Fsp3) is 0.455. The third-order valence-electron chi connectivity index (χ3n) is 2.72. The van der Waals surface area contributed by atoms with E-state index in [4.69, 9.17) is 5.73 Å². The zero-order valence-corrected chi connectivity index (χ0v) is 9.14. The molecular weight excluding hydrogens is 206 g/mol. The number of hydrogen-bond acceptors (Lipinski definition) is 3. The van der Waals surface area contributed by atoms with E-state index in [1.54, 1.807) is 17.7 Å². The average molecular weight is 221 g/mol. The van der Waals surface area contributed by atoms with Crippen molar-refractivity contribution >= 4 is 11.6 Å². The Hall–Kier alpha value is -1.78. The van der Waals surface area contributed by atoms with Crippen molar-refractivity contribution in [2.75, 3.05) is 5.73 Å². The minimum absolute atomic E-state index is 0.0365. The average Bonchev–Trinajstić information content (AvgIpc) is 3.05. The molecule has 1 heterocycles. The Morgan fingerprint density at radius 3 is 2.88 bits per heavy atom. The van der Waals surface area contributed by atoms with E-state index in [0.29, 0.717) is 6.04 Å². The molecule has 1 aliphatic carbocycles. The number of aromatic nitrogens is 1. The summed E-state index contributed by atoms with van der Waals surface area (Å²) in [5.41, 5.74) is 5.45. The number of amides is 1. The van der Waals surface area contributed by atoms with Gasteiger partial charge in [0.25, 0.3) is 0 Å². The Bertz CT molecular complexity index is 463. The van der Waals surface area contributed by atoms with E-state index in [2.05, 4.69) is 5.32 Å². The van der Waals surface area contributed by atoms with Crippen LogP contribution in [0.1, 0.15) is 25.8 Å². The van der Waals surface area contributed by atoms with E-state index >= 15 is 0 Å². The number of nitrogens with one attached hydrogen (secondary N) is 1. The zero-order valence-electron chi connectivity index (χ0n) is 9.14. The van der Waals surface area contributed by atoms with E-state index in [9.17, 15) is 9.59 Å². The quantitative estimate of drug-likeness (QED) is 0.769. The number of nitrogens with zero attached hydrogens (tertiary/aromatic N) is 1. The number of carbonyl (C=O) groups is 1. The van der Waals surface area contributed by atoms with Gasteiger partial charge in [0, 0.05) is 24.5 Å². The molecule has 1 amide bonds. The summed E-state index contributed by atoms with van der Waals surface area (Å²) in [4.78, 5) is 22.9. The van der Waals surface area contributed by atoms with Gasteiger partial charge in [0.1, 0.15) is 6.04 Å². The van der Waals surface area contributed by atoms with Crippen LogP contribution in [0, 0.1) is 0 Å². The largest absolute Gasteiger partial charge is 0.394 e. The van der Waals surface area contributed by atoms with Crippen LogP contribution in [0.25, 0.3) is 0 Å². The number of nitrogen functional groups attached to an aromatic ring is 1. The Morgan fingerprint density at radius 2 is 2.31 bits per heavy atom. The van der Waals surface area contributed by atoms with Gasteiger partial charge in [-0.15, -0.1) is 0 Å². The second kappa shape index (κ2) is 4.00. The summed E-state index contributed by atoms with van der Waals surface area (Å²) in [7, 11) is 0. The summed E-state index contributed by atoms with van der Waals surface area (Å²) in [5, 5.41) is 2.91. The topological polar surface area (TPSA) is 77.1 Å². The van der Waals surface area contributed by atoms with E-state index in [1.807, 2.05) is 0 Å². The van der Waals surface area contributed by atoms with Gasteiger partial charge in [0.05, 0.1) is 5.69 Å². The first kappa shape index (κ1) is 10.7. The van der Waals surface area contributed by atoms with Gasteiger partial charge in [-0.25, -0.2) is 0 Å². The lowest BCUT2D eigenvalue weighted by atomic mass is 10.3. The van der Waals surface area contributed by atoms with Crippen molar-refractivity contribution in [1.29, 1.82) is 0 Å². The monoisotopic (exact) mass is 221 g/mol. The van der Waals surface area contributed by atoms with Crippen molar-refractivity contribution in [1.82, 2.24) is 9.88 Å². The highest BCUT2D eigenvalue weighted by Gasteiger charge is 2.25. The number of hydrogen-bond donors (Lipinski definition) is 2. The molecule has 1 aromatic heterocycles. The van der Waals surface area contributed by atoms with Crippen LogP contribution in [0.5, 0.6) is 0 Å². The molecule has 1 aliphatic rings. The van der Waals surface area contributed by atoms with Crippen LogP contribution >= 0.6 is 0 Å². The van der Waals surface area contributed by atoms with E-state index in [-0.39, 0.29) is 23.1 Å². The molecule has 0 aliphatic heterocycles. The molecule has 3 N–H and O–H groups in total. The molecule has 5 heteroatoms. The molecule has 86 valence electrons. The summed E-state index contributed by atoms with van der Waals surface area (Å²) in [5.74, 6) is -0.0365. The highest BCUT2D eigenvalue weighted by atomic mass is 16.2. The highest BCUT2D eigenvalue weighted by molar-refractivity contribution is 5.80. The molecule has 0 aromatic carbocycles. The van der Waals surface area contributed by atoms with Crippen LogP contribution in [0.4, 0.5) is 5.69 Å². The van der Waals surface area contributed by atoms with Crippen LogP contribution < -0.4 is 16.5 Å². The smallest absolute Gasteiger partial charge is 0.242 e. The summed E-state index contributed by atoms with van der Waals surface area (Å²) >= 11 is 0. The summed E-state index contributed by atoms with van der Waals surface area (Å²) in [6, 6.07) is 1.37. The molecule has 1 atom stereocenters. The van der Waals surface area contributed by atoms with Gasteiger partial charge in [-0.3, -0.25) is 9.59 Å². The van der Waals surface area contributed by atoms with Crippen LogP contribution in [-0.2, 0) is 4.79 Å². The number of nitrogens with two attached hydrogens (primary N) is 1. The molecule has 0 radical (unpaired) electrons. The molecule has 0 bridgehead atoms. The van der Waals surface area contributed by atoms with Gasteiger partial charge >= 0.3 is 0 Å². The van der Waals surface area contributed by atoms with Crippen molar-refractivity contribution in [2.45, 2.75) is 31.8 Å². The maximum atomic E-state index is 11.7. The van der Waals surface area contributed by atoms with Crippen molar-refractivity contribution in [3.63, 3.8) is 0 Å². The first-order chi connectivity index (χ1) is 7.58. The maximum absolute atomic E-state index is 11.7. The van der Waals surface area contributed by atoms with Gasteiger partial charge in [0.15, 0.2) is 0 Å². The van der Waals surface area contributed by atoms with Crippen molar-refractivity contribution in [3.8, 4) is 0 Å². The lowest BCUT2D eigenvalue weighted by Gasteiger charge is -2.15. The standard InChI is InChI=1S/C11H15N3O2/c1-7(11(16)13-8-2-3-8)14-5-4-10(15)9(12)6-14/h4-8H,2-3,12H2,1H3,(H,13,16)/t7-/m1/s1. The summed E-state index contributed by atoms with van der Waals surface area (Å²) < 4.78 is 1.65. The Morgan fingerprint density at radius 1 is 1.62 bits per heavy atom.